The zero-order valence-electron chi connectivity index (χ0n) is 11.2. The molecule has 3 heterocycles. The minimum absolute atomic E-state index is 0.570. The molecule has 1 fully saturated rings. The van der Waals surface area contributed by atoms with Gasteiger partial charge in [0.1, 0.15) is 11.6 Å². The fourth-order valence-electron chi connectivity index (χ4n) is 2.67. The minimum atomic E-state index is 0.570. The fourth-order valence-corrected chi connectivity index (χ4v) is 3.71. The van der Waals surface area contributed by atoms with Crippen LogP contribution in [0.15, 0.2) is 16.5 Å². The molecule has 0 radical (unpaired) electrons. The summed E-state index contributed by atoms with van der Waals surface area (Å²) in [5.74, 6) is 11.8. The predicted octanol–water partition coefficient (Wildman–Crippen LogP) is 2.89. The summed E-state index contributed by atoms with van der Waals surface area (Å²) in [6, 6.07) is 4.01. The van der Waals surface area contributed by atoms with Crippen molar-refractivity contribution in [2.45, 2.75) is 30.8 Å². The van der Waals surface area contributed by atoms with Crippen molar-refractivity contribution >= 4 is 17.6 Å². The van der Waals surface area contributed by atoms with Gasteiger partial charge in [-0.15, -0.1) is 0 Å². The van der Waals surface area contributed by atoms with E-state index in [1.54, 1.807) is 0 Å². The van der Waals surface area contributed by atoms with Crippen LogP contribution in [0, 0.1) is 5.92 Å². The third-order valence-electron chi connectivity index (χ3n) is 4.04. The van der Waals surface area contributed by atoms with Gasteiger partial charge in [0.25, 0.3) is 0 Å². The maximum Gasteiger partial charge on any atom is 0.197 e. The number of aromatic nitrogens is 2. The standard InChI is InChI=1S/C14H16N4OS/c1-7-4-8(7)11-2-3-12(19-11)14-16-10-6-20-5-9(10)13(17-14)18-15/h2-3,7-8H,4-6,15H2,1H3,(H,16,17,18). The molecule has 1 aliphatic heterocycles. The van der Waals surface area contributed by atoms with Crippen molar-refractivity contribution in [1.29, 1.82) is 0 Å². The normalized spacial score (nSPS) is 23.7. The van der Waals surface area contributed by atoms with E-state index in [1.165, 1.54) is 6.42 Å². The first-order chi connectivity index (χ1) is 9.76. The highest BCUT2D eigenvalue weighted by atomic mass is 32.2. The number of nitrogen functional groups attached to an aromatic ring is 1. The largest absolute Gasteiger partial charge is 0.457 e. The molecule has 3 N–H and O–H groups in total. The van der Waals surface area contributed by atoms with Crippen LogP contribution in [0.2, 0.25) is 0 Å². The molecule has 4 rings (SSSR count). The summed E-state index contributed by atoms with van der Waals surface area (Å²) in [6.45, 7) is 2.24. The molecule has 2 atom stereocenters. The SMILES string of the molecule is CC1CC1c1ccc(-c2nc3c(c(NN)n2)CSC3)o1. The Balaban J connectivity index is 1.73. The van der Waals surface area contributed by atoms with Crippen molar-refractivity contribution in [2.24, 2.45) is 11.8 Å². The molecule has 2 aromatic rings. The van der Waals surface area contributed by atoms with Gasteiger partial charge in [-0.05, 0) is 24.5 Å². The van der Waals surface area contributed by atoms with Gasteiger partial charge in [0.2, 0.25) is 0 Å². The Hall–Kier alpha value is -1.53. The minimum Gasteiger partial charge on any atom is -0.457 e. The lowest BCUT2D eigenvalue weighted by Crippen LogP contribution is -2.12. The van der Waals surface area contributed by atoms with Gasteiger partial charge in [-0.3, -0.25) is 0 Å². The Kier molecular flexibility index (Phi) is 2.75. The molecule has 2 aromatic heterocycles. The van der Waals surface area contributed by atoms with E-state index >= 15 is 0 Å². The van der Waals surface area contributed by atoms with Crippen molar-refractivity contribution < 1.29 is 4.42 Å². The number of hydrazine groups is 1. The lowest BCUT2D eigenvalue weighted by atomic mass is 10.2. The highest BCUT2D eigenvalue weighted by Gasteiger charge is 2.36. The second-order valence-corrected chi connectivity index (χ2v) is 6.47. The molecule has 20 heavy (non-hydrogen) atoms. The van der Waals surface area contributed by atoms with Crippen LogP contribution in [0.4, 0.5) is 5.82 Å². The summed E-state index contributed by atoms with van der Waals surface area (Å²) >= 11 is 1.83. The second kappa shape index (κ2) is 4.49. The lowest BCUT2D eigenvalue weighted by molar-refractivity contribution is 0.515. The van der Waals surface area contributed by atoms with Gasteiger partial charge < -0.3 is 9.84 Å². The first-order valence-electron chi connectivity index (χ1n) is 6.80. The van der Waals surface area contributed by atoms with E-state index in [-0.39, 0.29) is 0 Å². The van der Waals surface area contributed by atoms with Crippen LogP contribution in [0.25, 0.3) is 11.6 Å². The summed E-state index contributed by atoms with van der Waals surface area (Å²) in [6.07, 6.45) is 1.21. The van der Waals surface area contributed by atoms with Crippen LogP contribution in [0.5, 0.6) is 0 Å². The fraction of sp³-hybridized carbons (Fsp3) is 0.429. The quantitative estimate of drug-likeness (QED) is 0.668. The second-order valence-electron chi connectivity index (χ2n) is 5.48. The summed E-state index contributed by atoms with van der Waals surface area (Å²) in [5, 5.41) is 0. The highest BCUT2D eigenvalue weighted by Crippen LogP contribution is 2.48. The van der Waals surface area contributed by atoms with Crippen LogP contribution in [-0.4, -0.2) is 9.97 Å². The van der Waals surface area contributed by atoms with Gasteiger partial charge in [-0.1, -0.05) is 6.92 Å². The van der Waals surface area contributed by atoms with Crippen molar-refractivity contribution in [3.05, 3.63) is 29.2 Å². The van der Waals surface area contributed by atoms with Crippen molar-refractivity contribution in [3.63, 3.8) is 0 Å². The van der Waals surface area contributed by atoms with E-state index in [0.717, 1.165) is 40.2 Å². The maximum atomic E-state index is 5.92. The number of anilines is 1. The monoisotopic (exact) mass is 288 g/mol. The summed E-state index contributed by atoms with van der Waals surface area (Å²) in [7, 11) is 0. The van der Waals surface area contributed by atoms with Gasteiger partial charge in [0, 0.05) is 23.0 Å². The first kappa shape index (κ1) is 12.2. The Labute approximate surface area is 121 Å². The molecule has 1 saturated carbocycles. The smallest absolute Gasteiger partial charge is 0.197 e. The molecule has 2 aliphatic rings. The Bertz CT molecular complexity index is 669. The molecule has 2 unspecified atom stereocenters. The van der Waals surface area contributed by atoms with Crippen LogP contribution >= 0.6 is 11.8 Å². The number of furan rings is 1. The van der Waals surface area contributed by atoms with E-state index < -0.39 is 0 Å². The Morgan fingerprint density at radius 1 is 1.35 bits per heavy atom. The molecule has 104 valence electrons. The van der Waals surface area contributed by atoms with Crippen LogP contribution < -0.4 is 11.3 Å². The van der Waals surface area contributed by atoms with Crippen molar-refractivity contribution in [1.82, 2.24) is 9.97 Å². The molecule has 0 aromatic carbocycles. The van der Waals surface area contributed by atoms with Crippen LogP contribution in [0.1, 0.15) is 36.3 Å². The van der Waals surface area contributed by atoms with E-state index in [4.69, 9.17) is 10.3 Å². The maximum absolute atomic E-state index is 5.92. The number of nitrogens with two attached hydrogens (primary N) is 1. The molecule has 6 heteroatoms. The Morgan fingerprint density at radius 3 is 2.95 bits per heavy atom. The van der Waals surface area contributed by atoms with Gasteiger partial charge in [-0.25, -0.2) is 15.8 Å². The molecule has 0 spiro atoms. The van der Waals surface area contributed by atoms with Gasteiger partial charge in [-0.2, -0.15) is 11.8 Å². The van der Waals surface area contributed by atoms with E-state index in [2.05, 4.69) is 22.3 Å². The van der Waals surface area contributed by atoms with Crippen LogP contribution in [0.3, 0.4) is 0 Å². The molecule has 0 bridgehead atoms. The summed E-state index contributed by atoms with van der Waals surface area (Å²) in [4.78, 5) is 9.11. The zero-order chi connectivity index (χ0) is 13.7. The summed E-state index contributed by atoms with van der Waals surface area (Å²) in [5.41, 5.74) is 4.86. The van der Waals surface area contributed by atoms with Gasteiger partial charge in [0.15, 0.2) is 11.6 Å². The van der Waals surface area contributed by atoms with E-state index in [9.17, 15) is 0 Å². The third-order valence-corrected chi connectivity index (χ3v) is 5.01. The van der Waals surface area contributed by atoms with E-state index in [1.807, 2.05) is 23.9 Å². The zero-order valence-corrected chi connectivity index (χ0v) is 12.0. The molecular weight excluding hydrogens is 272 g/mol. The number of rotatable bonds is 3. The third kappa shape index (κ3) is 1.91. The number of hydrogen-bond acceptors (Lipinski definition) is 6. The molecule has 0 amide bonds. The van der Waals surface area contributed by atoms with E-state index in [0.29, 0.717) is 17.6 Å². The molecule has 1 aliphatic carbocycles. The number of thioether (sulfide) groups is 1. The highest BCUT2D eigenvalue weighted by molar-refractivity contribution is 7.98. The lowest BCUT2D eigenvalue weighted by Gasteiger charge is -2.07. The average molecular weight is 288 g/mol. The number of nitrogens with zero attached hydrogens (tertiary/aromatic N) is 2. The number of hydrogen-bond donors (Lipinski definition) is 2. The Morgan fingerprint density at radius 2 is 2.20 bits per heavy atom. The first-order valence-corrected chi connectivity index (χ1v) is 7.96. The van der Waals surface area contributed by atoms with Gasteiger partial charge in [0.05, 0.1) is 5.69 Å². The topological polar surface area (TPSA) is 77.0 Å². The predicted molar refractivity (Wildman–Crippen MR) is 79.1 cm³/mol. The number of nitrogens with one attached hydrogen (secondary N) is 1. The average Bonchev–Trinajstić information content (AvgIpc) is 2.90. The van der Waals surface area contributed by atoms with Gasteiger partial charge >= 0.3 is 0 Å². The molecular formula is C14H16N4OS. The number of fused-ring (bicyclic) bond motifs is 1. The summed E-state index contributed by atoms with van der Waals surface area (Å²) < 4.78 is 5.92. The molecule has 0 saturated heterocycles. The van der Waals surface area contributed by atoms with Crippen molar-refractivity contribution in [3.8, 4) is 11.6 Å². The van der Waals surface area contributed by atoms with Crippen molar-refractivity contribution in [2.75, 3.05) is 5.43 Å². The van der Waals surface area contributed by atoms with Crippen LogP contribution in [-0.2, 0) is 11.5 Å². The molecule has 5 nitrogen and oxygen atoms in total.